The average molecular weight is 447 g/mol. The molecule has 0 saturated carbocycles. The van der Waals surface area contributed by atoms with E-state index in [1.807, 2.05) is 55.5 Å². The van der Waals surface area contributed by atoms with Gasteiger partial charge in [0.05, 0.1) is 26.0 Å². The Labute approximate surface area is 184 Å². The SMILES string of the molecule is COc1ccc([C@H](C)NC(=O)C2CCN(S(=O)(=O)Cc3ccccc3)CC2)cc1OC. The van der Waals surface area contributed by atoms with Crippen molar-refractivity contribution in [1.29, 1.82) is 0 Å². The van der Waals surface area contributed by atoms with E-state index in [4.69, 9.17) is 9.47 Å². The van der Waals surface area contributed by atoms with Crippen molar-refractivity contribution < 1.29 is 22.7 Å². The summed E-state index contributed by atoms with van der Waals surface area (Å²) >= 11 is 0. The lowest BCUT2D eigenvalue weighted by molar-refractivity contribution is -0.126. The number of nitrogens with one attached hydrogen (secondary N) is 1. The van der Waals surface area contributed by atoms with Crippen LogP contribution in [0, 0.1) is 5.92 Å². The molecule has 1 N–H and O–H groups in total. The molecule has 1 atom stereocenters. The summed E-state index contributed by atoms with van der Waals surface area (Å²) in [4.78, 5) is 12.8. The molecule has 1 fully saturated rings. The van der Waals surface area contributed by atoms with Gasteiger partial charge in [0.25, 0.3) is 0 Å². The number of hydrogen-bond donors (Lipinski definition) is 1. The number of hydrogen-bond acceptors (Lipinski definition) is 5. The fourth-order valence-electron chi connectivity index (χ4n) is 3.81. The van der Waals surface area contributed by atoms with Crippen molar-refractivity contribution in [2.75, 3.05) is 27.3 Å². The van der Waals surface area contributed by atoms with Crippen LogP contribution in [0.15, 0.2) is 48.5 Å². The third kappa shape index (κ3) is 5.77. The highest BCUT2D eigenvalue weighted by Gasteiger charge is 2.31. The van der Waals surface area contributed by atoms with Crippen LogP contribution < -0.4 is 14.8 Å². The third-order valence-electron chi connectivity index (χ3n) is 5.68. The second-order valence-corrected chi connectivity index (χ2v) is 9.73. The van der Waals surface area contributed by atoms with Gasteiger partial charge in [0, 0.05) is 19.0 Å². The van der Waals surface area contributed by atoms with Crippen LogP contribution in [-0.4, -0.2) is 45.9 Å². The van der Waals surface area contributed by atoms with E-state index >= 15 is 0 Å². The number of sulfonamides is 1. The molecule has 0 spiro atoms. The zero-order chi connectivity index (χ0) is 22.4. The van der Waals surface area contributed by atoms with Gasteiger partial charge >= 0.3 is 0 Å². The van der Waals surface area contributed by atoms with E-state index < -0.39 is 10.0 Å². The quantitative estimate of drug-likeness (QED) is 0.673. The summed E-state index contributed by atoms with van der Waals surface area (Å²) in [5.74, 6) is 0.973. The number of benzene rings is 2. The minimum absolute atomic E-state index is 0.0129. The summed E-state index contributed by atoms with van der Waals surface area (Å²) in [6.07, 6.45) is 1.02. The minimum Gasteiger partial charge on any atom is -0.493 e. The molecule has 168 valence electrons. The molecule has 3 rings (SSSR count). The van der Waals surface area contributed by atoms with Gasteiger partial charge < -0.3 is 14.8 Å². The minimum atomic E-state index is -3.39. The lowest BCUT2D eigenvalue weighted by Crippen LogP contribution is -2.43. The van der Waals surface area contributed by atoms with Crippen LogP contribution in [0.25, 0.3) is 0 Å². The Morgan fingerprint density at radius 3 is 2.32 bits per heavy atom. The van der Waals surface area contributed by atoms with E-state index in [1.54, 1.807) is 14.2 Å². The number of amides is 1. The highest BCUT2D eigenvalue weighted by molar-refractivity contribution is 7.88. The van der Waals surface area contributed by atoms with Crippen molar-refractivity contribution in [3.8, 4) is 11.5 Å². The first-order chi connectivity index (χ1) is 14.8. The Morgan fingerprint density at radius 1 is 1.06 bits per heavy atom. The summed E-state index contributed by atoms with van der Waals surface area (Å²) in [5.41, 5.74) is 1.68. The zero-order valence-electron chi connectivity index (χ0n) is 18.2. The van der Waals surface area contributed by atoms with E-state index in [-0.39, 0.29) is 23.6 Å². The van der Waals surface area contributed by atoms with E-state index in [2.05, 4.69) is 5.32 Å². The van der Waals surface area contributed by atoms with Gasteiger partial charge in [-0.15, -0.1) is 0 Å². The molecule has 0 aliphatic carbocycles. The van der Waals surface area contributed by atoms with Gasteiger partial charge in [0.1, 0.15) is 0 Å². The van der Waals surface area contributed by atoms with Crippen LogP contribution in [0.3, 0.4) is 0 Å². The second-order valence-electron chi connectivity index (χ2n) is 7.76. The number of carbonyl (C=O) groups is 1. The van der Waals surface area contributed by atoms with Gasteiger partial charge in [-0.3, -0.25) is 4.79 Å². The molecular formula is C23H30N2O5S. The Hall–Kier alpha value is -2.58. The smallest absolute Gasteiger partial charge is 0.223 e. The molecule has 0 aromatic heterocycles. The molecular weight excluding hydrogens is 416 g/mol. The van der Waals surface area contributed by atoms with Crippen molar-refractivity contribution in [1.82, 2.24) is 9.62 Å². The first kappa shape index (κ1) is 23.1. The van der Waals surface area contributed by atoms with Crippen molar-refractivity contribution in [3.05, 3.63) is 59.7 Å². The Kier molecular flexibility index (Phi) is 7.56. The summed E-state index contributed by atoms with van der Waals surface area (Å²) < 4.78 is 37.5. The molecule has 7 nitrogen and oxygen atoms in total. The van der Waals surface area contributed by atoms with Gasteiger partial charge in [-0.2, -0.15) is 0 Å². The van der Waals surface area contributed by atoms with Crippen LogP contribution >= 0.6 is 0 Å². The Balaban J connectivity index is 1.55. The largest absolute Gasteiger partial charge is 0.493 e. The van der Waals surface area contributed by atoms with Gasteiger partial charge in [-0.05, 0) is 43.0 Å². The van der Waals surface area contributed by atoms with Crippen LogP contribution in [0.4, 0.5) is 0 Å². The maximum Gasteiger partial charge on any atom is 0.223 e. The summed E-state index contributed by atoms with van der Waals surface area (Å²) in [6, 6.07) is 14.5. The highest BCUT2D eigenvalue weighted by atomic mass is 32.2. The summed E-state index contributed by atoms with van der Waals surface area (Å²) in [5, 5.41) is 3.04. The average Bonchev–Trinajstić information content (AvgIpc) is 2.79. The molecule has 1 aliphatic heterocycles. The van der Waals surface area contributed by atoms with Gasteiger partial charge in [0.2, 0.25) is 15.9 Å². The maximum atomic E-state index is 12.8. The highest BCUT2D eigenvalue weighted by Crippen LogP contribution is 2.30. The van der Waals surface area contributed by atoms with E-state index in [1.165, 1.54) is 4.31 Å². The Bertz CT molecular complexity index is 986. The first-order valence-electron chi connectivity index (χ1n) is 10.4. The third-order valence-corrected chi connectivity index (χ3v) is 7.53. The number of ether oxygens (including phenoxy) is 2. The van der Waals surface area contributed by atoms with Crippen LogP contribution in [0.5, 0.6) is 11.5 Å². The molecule has 1 amide bonds. The van der Waals surface area contributed by atoms with E-state index in [0.717, 1.165) is 11.1 Å². The van der Waals surface area contributed by atoms with Crippen molar-refractivity contribution in [2.24, 2.45) is 5.92 Å². The molecule has 31 heavy (non-hydrogen) atoms. The molecule has 0 radical (unpaired) electrons. The van der Waals surface area contributed by atoms with Crippen molar-refractivity contribution in [3.63, 3.8) is 0 Å². The standard InChI is InChI=1S/C23H30N2O5S/c1-17(20-9-10-21(29-2)22(15-20)30-3)24-23(26)19-11-13-25(14-12-19)31(27,28)16-18-7-5-4-6-8-18/h4-10,15,17,19H,11-14,16H2,1-3H3,(H,24,26)/t17-/m0/s1. The maximum absolute atomic E-state index is 12.8. The predicted molar refractivity (Wildman–Crippen MR) is 119 cm³/mol. The molecule has 2 aromatic carbocycles. The van der Waals surface area contributed by atoms with Crippen LogP contribution in [-0.2, 0) is 20.6 Å². The van der Waals surface area contributed by atoms with Crippen molar-refractivity contribution >= 4 is 15.9 Å². The molecule has 2 aromatic rings. The fraction of sp³-hybridized carbons (Fsp3) is 0.435. The number of nitrogens with zero attached hydrogens (tertiary/aromatic N) is 1. The monoisotopic (exact) mass is 446 g/mol. The second kappa shape index (κ2) is 10.2. The fourth-order valence-corrected chi connectivity index (χ4v) is 5.37. The molecule has 0 unspecified atom stereocenters. The van der Waals surface area contributed by atoms with Gasteiger partial charge in [0.15, 0.2) is 11.5 Å². The number of methoxy groups -OCH3 is 2. The van der Waals surface area contributed by atoms with Crippen LogP contribution in [0.1, 0.15) is 36.9 Å². The molecule has 0 bridgehead atoms. The van der Waals surface area contributed by atoms with Gasteiger partial charge in [-0.1, -0.05) is 36.4 Å². The summed E-state index contributed by atoms with van der Waals surface area (Å²) in [6.45, 7) is 2.63. The molecule has 1 heterocycles. The summed E-state index contributed by atoms with van der Waals surface area (Å²) in [7, 11) is -0.238. The first-order valence-corrected chi connectivity index (χ1v) is 12.0. The normalized spacial score (nSPS) is 16.5. The number of rotatable bonds is 8. The van der Waals surface area contributed by atoms with E-state index in [0.29, 0.717) is 37.4 Å². The number of piperidine rings is 1. The van der Waals surface area contributed by atoms with Crippen LogP contribution in [0.2, 0.25) is 0 Å². The molecule has 1 aliphatic rings. The molecule has 8 heteroatoms. The predicted octanol–water partition coefficient (Wildman–Crippen LogP) is 3.12. The molecule has 1 saturated heterocycles. The lowest BCUT2D eigenvalue weighted by Gasteiger charge is -2.31. The number of carbonyl (C=O) groups excluding carboxylic acids is 1. The topological polar surface area (TPSA) is 84.9 Å². The lowest BCUT2D eigenvalue weighted by atomic mass is 9.96. The van der Waals surface area contributed by atoms with E-state index in [9.17, 15) is 13.2 Å². The zero-order valence-corrected chi connectivity index (χ0v) is 19.0. The van der Waals surface area contributed by atoms with Crippen molar-refractivity contribution in [2.45, 2.75) is 31.6 Å². The Morgan fingerprint density at radius 2 is 1.71 bits per heavy atom. The van der Waals surface area contributed by atoms with Gasteiger partial charge in [-0.25, -0.2) is 12.7 Å².